The molecule has 2 aromatic rings. The maximum atomic E-state index is 12.3. The summed E-state index contributed by atoms with van der Waals surface area (Å²) in [4.78, 5) is 23.8. The molecule has 3 rings (SSSR count). The number of carboxylic acids is 1. The lowest BCUT2D eigenvalue weighted by Crippen LogP contribution is -2.41. The van der Waals surface area contributed by atoms with Gasteiger partial charge in [-0.15, -0.1) is 0 Å². The second kappa shape index (κ2) is 10.5. The maximum absolute atomic E-state index is 12.3. The van der Waals surface area contributed by atoms with E-state index in [1.165, 1.54) is 0 Å². The van der Waals surface area contributed by atoms with Gasteiger partial charge in [0.2, 0.25) is 0 Å². The van der Waals surface area contributed by atoms with Crippen LogP contribution in [0.1, 0.15) is 30.4 Å². The van der Waals surface area contributed by atoms with Gasteiger partial charge in [-0.3, -0.25) is 0 Å². The molecular formula is C23H27NO5S. The van der Waals surface area contributed by atoms with Crippen molar-refractivity contribution in [3.8, 4) is 11.1 Å². The molecule has 0 spiro atoms. The van der Waals surface area contributed by atoms with Crippen molar-refractivity contribution in [1.29, 1.82) is 0 Å². The van der Waals surface area contributed by atoms with Gasteiger partial charge in [-0.25, -0.2) is 9.59 Å². The molecule has 0 fully saturated rings. The molecule has 2 atom stereocenters. The van der Waals surface area contributed by atoms with E-state index in [0.29, 0.717) is 12.2 Å². The lowest BCUT2D eigenvalue weighted by atomic mass is 9.98. The molecule has 6 nitrogen and oxygen atoms in total. The predicted octanol–water partition coefficient (Wildman–Crippen LogP) is 3.73. The Morgan fingerprint density at radius 1 is 1.10 bits per heavy atom. The van der Waals surface area contributed by atoms with Crippen molar-refractivity contribution in [3.63, 3.8) is 0 Å². The number of carbonyl (C=O) groups is 2. The lowest BCUT2D eigenvalue weighted by Gasteiger charge is -2.17. The zero-order chi connectivity index (χ0) is 21.5. The molecule has 7 heteroatoms. The van der Waals surface area contributed by atoms with Crippen molar-refractivity contribution >= 4 is 23.8 Å². The number of rotatable bonds is 10. The maximum Gasteiger partial charge on any atom is 0.407 e. The summed E-state index contributed by atoms with van der Waals surface area (Å²) < 4.78 is 5.43. The second-order valence-electron chi connectivity index (χ2n) is 7.51. The lowest BCUT2D eigenvalue weighted by molar-refractivity contribution is -0.139. The van der Waals surface area contributed by atoms with E-state index in [9.17, 15) is 14.7 Å². The Hall–Kier alpha value is -2.51. The fourth-order valence-corrected chi connectivity index (χ4v) is 4.65. The first-order valence-corrected chi connectivity index (χ1v) is 11.2. The van der Waals surface area contributed by atoms with E-state index >= 15 is 0 Å². The molecule has 0 saturated carbocycles. The summed E-state index contributed by atoms with van der Waals surface area (Å²) in [5.41, 5.74) is 4.49. The molecule has 3 N–H and O–H groups in total. The van der Waals surface area contributed by atoms with Gasteiger partial charge < -0.3 is 20.3 Å². The number of carbonyl (C=O) groups excluding carboxylic acids is 1. The van der Waals surface area contributed by atoms with Crippen LogP contribution in [0.3, 0.4) is 0 Å². The standard InChI is InChI=1S/C23H27NO5S/c1-15(12-25)14-30-11-10-21(22(26)27)24-23(28)29-13-20-18-8-4-2-6-16(18)17-7-3-5-9-19(17)20/h2-9,15,20-21,25H,10-14H2,1H3,(H,24,28)(H,26,27). The number of hydrogen-bond acceptors (Lipinski definition) is 5. The molecule has 0 aliphatic heterocycles. The molecule has 1 aliphatic carbocycles. The Kier molecular flexibility index (Phi) is 7.76. The Morgan fingerprint density at radius 2 is 1.70 bits per heavy atom. The van der Waals surface area contributed by atoms with Crippen molar-refractivity contribution in [2.45, 2.75) is 25.3 Å². The quantitative estimate of drug-likeness (QED) is 0.498. The minimum absolute atomic E-state index is 0.0676. The van der Waals surface area contributed by atoms with Crippen molar-refractivity contribution in [1.82, 2.24) is 5.32 Å². The van der Waals surface area contributed by atoms with Crippen LogP contribution in [-0.4, -0.2) is 53.0 Å². The number of aliphatic hydroxyl groups excluding tert-OH is 1. The minimum Gasteiger partial charge on any atom is -0.480 e. The fourth-order valence-electron chi connectivity index (χ4n) is 3.58. The van der Waals surface area contributed by atoms with Crippen LogP contribution in [0.15, 0.2) is 48.5 Å². The Bertz CT molecular complexity index is 842. The average Bonchev–Trinajstić information content (AvgIpc) is 3.07. The summed E-state index contributed by atoms with van der Waals surface area (Å²) in [5.74, 6) is 0.327. The highest BCUT2D eigenvalue weighted by atomic mass is 32.2. The molecule has 0 saturated heterocycles. The minimum atomic E-state index is -1.08. The van der Waals surface area contributed by atoms with Gasteiger partial charge in [0.05, 0.1) is 0 Å². The van der Waals surface area contributed by atoms with Crippen LogP contribution < -0.4 is 5.32 Å². The third-order valence-corrected chi connectivity index (χ3v) is 6.53. The summed E-state index contributed by atoms with van der Waals surface area (Å²) in [7, 11) is 0. The number of amides is 1. The zero-order valence-corrected chi connectivity index (χ0v) is 17.7. The van der Waals surface area contributed by atoms with Gasteiger partial charge >= 0.3 is 12.1 Å². The van der Waals surface area contributed by atoms with E-state index in [1.54, 1.807) is 11.8 Å². The number of fused-ring (bicyclic) bond motifs is 3. The van der Waals surface area contributed by atoms with Gasteiger partial charge in [0.25, 0.3) is 0 Å². The number of aliphatic carboxylic acids is 1. The Balaban J connectivity index is 1.55. The van der Waals surface area contributed by atoms with E-state index in [-0.39, 0.29) is 25.0 Å². The first-order chi connectivity index (χ1) is 14.5. The smallest absolute Gasteiger partial charge is 0.407 e. The van der Waals surface area contributed by atoms with E-state index in [2.05, 4.69) is 17.4 Å². The SMILES string of the molecule is CC(CO)CSCCC(NC(=O)OCC1c2ccccc2-c2ccccc21)C(=O)O. The first-order valence-electron chi connectivity index (χ1n) is 10.0. The Morgan fingerprint density at radius 3 is 2.27 bits per heavy atom. The van der Waals surface area contributed by atoms with Gasteiger partial charge in [-0.05, 0) is 46.1 Å². The van der Waals surface area contributed by atoms with Crippen LogP contribution in [0, 0.1) is 5.92 Å². The topological polar surface area (TPSA) is 95.9 Å². The number of alkyl carbamates (subject to hydrolysis) is 1. The molecule has 0 aromatic heterocycles. The van der Waals surface area contributed by atoms with Gasteiger partial charge in [0, 0.05) is 12.5 Å². The Labute approximate surface area is 180 Å². The number of benzene rings is 2. The van der Waals surface area contributed by atoms with E-state index in [1.807, 2.05) is 43.3 Å². The monoisotopic (exact) mass is 429 g/mol. The normalized spacial score (nSPS) is 14.5. The van der Waals surface area contributed by atoms with Crippen LogP contribution >= 0.6 is 11.8 Å². The van der Waals surface area contributed by atoms with Gasteiger partial charge in [0.1, 0.15) is 12.6 Å². The third kappa shape index (κ3) is 5.34. The summed E-state index contributed by atoms with van der Waals surface area (Å²) in [6.45, 7) is 2.18. The van der Waals surface area contributed by atoms with E-state index < -0.39 is 18.1 Å². The highest BCUT2D eigenvalue weighted by Gasteiger charge is 2.29. The van der Waals surface area contributed by atoms with Gasteiger partial charge in [-0.2, -0.15) is 11.8 Å². The predicted molar refractivity (Wildman–Crippen MR) is 118 cm³/mol. The van der Waals surface area contributed by atoms with Crippen LogP contribution in [0.25, 0.3) is 11.1 Å². The fraction of sp³-hybridized carbons (Fsp3) is 0.391. The van der Waals surface area contributed by atoms with Crippen molar-refractivity contribution in [3.05, 3.63) is 59.7 Å². The number of nitrogens with one attached hydrogen (secondary N) is 1. The number of carboxylic acid groups (broad SMARTS) is 1. The first kappa shape index (κ1) is 22.2. The summed E-state index contributed by atoms with van der Waals surface area (Å²) in [6.07, 6.45) is -0.430. The van der Waals surface area contributed by atoms with Crippen LogP contribution in [0.5, 0.6) is 0 Å². The summed E-state index contributed by atoms with van der Waals surface area (Å²) in [6, 6.07) is 15.1. The summed E-state index contributed by atoms with van der Waals surface area (Å²) in [5, 5.41) is 20.9. The summed E-state index contributed by atoms with van der Waals surface area (Å²) >= 11 is 1.56. The van der Waals surface area contributed by atoms with Crippen LogP contribution in [0.2, 0.25) is 0 Å². The van der Waals surface area contributed by atoms with Crippen molar-refractivity contribution < 1.29 is 24.5 Å². The second-order valence-corrected chi connectivity index (χ2v) is 8.66. The van der Waals surface area contributed by atoms with Crippen molar-refractivity contribution in [2.24, 2.45) is 5.92 Å². The largest absolute Gasteiger partial charge is 0.480 e. The molecular weight excluding hydrogens is 402 g/mol. The number of aliphatic hydroxyl groups is 1. The zero-order valence-electron chi connectivity index (χ0n) is 16.9. The average molecular weight is 430 g/mol. The highest BCUT2D eigenvalue weighted by molar-refractivity contribution is 7.99. The molecule has 30 heavy (non-hydrogen) atoms. The van der Waals surface area contributed by atoms with E-state index in [0.717, 1.165) is 28.0 Å². The molecule has 1 amide bonds. The molecule has 2 aromatic carbocycles. The molecule has 160 valence electrons. The highest BCUT2D eigenvalue weighted by Crippen LogP contribution is 2.44. The van der Waals surface area contributed by atoms with Crippen LogP contribution in [0.4, 0.5) is 4.79 Å². The van der Waals surface area contributed by atoms with Crippen LogP contribution in [-0.2, 0) is 9.53 Å². The molecule has 0 heterocycles. The van der Waals surface area contributed by atoms with Gasteiger partial charge in [-0.1, -0.05) is 55.5 Å². The molecule has 2 unspecified atom stereocenters. The molecule has 0 radical (unpaired) electrons. The van der Waals surface area contributed by atoms with Crippen molar-refractivity contribution in [2.75, 3.05) is 24.7 Å². The van der Waals surface area contributed by atoms with E-state index in [4.69, 9.17) is 9.84 Å². The number of hydrogen-bond donors (Lipinski definition) is 3. The number of thioether (sulfide) groups is 1. The number of ether oxygens (including phenoxy) is 1. The van der Waals surface area contributed by atoms with Gasteiger partial charge in [0.15, 0.2) is 0 Å². The third-order valence-electron chi connectivity index (χ3n) is 5.20. The molecule has 0 bridgehead atoms. The molecule has 1 aliphatic rings.